The summed E-state index contributed by atoms with van der Waals surface area (Å²) in [7, 11) is 0. The van der Waals surface area contributed by atoms with Gasteiger partial charge in [0.15, 0.2) is 0 Å². The van der Waals surface area contributed by atoms with Crippen LogP contribution in [-0.2, 0) is 11.2 Å². The average Bonchev–Trinajstić information content (AvgIpc) is 3.18. The molecule has 1 aliphatic rings. The first-order valence-corrected chi connectivity index (χ1v) is 10.2. The van der Waals surface area contributed by atoms with E-state index in [1.807, 2.05) is 54.5 Å². The van der Waals surface area contributed by atoms with Gasteiger partial charge in [0.2, 0.25) is 12.4 Å². The van der Waals surface area contributed by atoms with Crippen LogP contribution in [0.5, 0.6) is 5.75 Å². The van der Waals surface area contributed by atoms with Crippen LogP contribution in [0.1, 0.15) is 18.1 Å². The molecule has 2 N–H and O–H groups in total. The minimum absolute atomic E-state index is 0.155. The zero-order valence-corrected chi connectivity index (χ0v) is 17.6. The standard InChI is InChI=1S/C24H25N5O2/c1-3-31-21-10-9-17(2)22(13-21)19-12-20(15-25-14-19)29-23(27-24(28-29)26-16-30)11-18-7-5-4-6-8-18/h4-10,12-16,23H,3,11H2,1-2H3,(H2,26,27,28,30). The van der Waals surface area contributed by atoms with E-state index in [2.05, 4.69) is 45.8 Å². The molecule has 1 aliphatic heterocycles. The lowest BCUT2D eigenvalue weighted by atomic mass is 10.0. The predicted octanol–water partition coefficient (Wildman–Crippen LogP) is 3.45. The summed E-state index contributed by atoms with van der Waals surface area (Å²) < 4.78 is 5.67. The van der Waals surface area contributed by atoms with E-state index in [0.717, 1.165) is 33.7 Å². The van der Waals surface area contributed by atoms with Crippen molar-refractivity contribution >= 4 is 18.1 Å². The maximum atomic E-state index is 11.0. The van der Waals surface area contributed by atoms with Gasteiger partial charge in [-0.05, 0) is 48.7 Å². The van der Waals surface area contributed by atoms with Crippen molar-refractivity contribution in [3.8, 4) is 16.9 Å². The monoisotopic (exact) mass is 415 g/mol. The predicted molar refractivity (Wildman–Crippen MR) is 122 cm³/mol. The third-order valence-corrected chi connectivity index (χ3v) is 5.09. The molecule has 3 aromatic rings. The van der Waals surface area contributed by atoms with Gasteiger partial charge in [0.1, 0.15) is 11.9 Å². The summed E-state index contributed by atoms with van der Waals surface area (Å²) in [4.78, 5) is 15.4. The van der Waals surface area contributed by atoms with Crippen LogP contribution in [0.2, 0.25) is 0 Å². The van der Waals surface area contributed by atoms with Crippen LogP contribution >= 0.6 is 0 Å². The van der Waals surface area contributed by atoms with Crippen molar-refractivity contribution in [2.45, 2.75) is 26.4 Å². The molecule has 158 valence electrons. The third-order valence-electron chi connectivity index (χ3n) is 5.09. The topological polar surface area (TPSA) is 78.8 Å². The number of benzene rings is 2. The summed E-state index contributed by atoms with van der Waals surface area (Å²) in [5.74, 6) is 1.24. The van der Waals surface area contributed by atoms with Crippen LogP contribution in [0, 0.1) is 6.92 Å². The number of nitrogens with one attached hydrogen (secondary N) is 2. The lowest BCUT2D eigenvalue weighted by Crippen LogP contribution is -2.43. The Kier molecular flexibility index (Phi) is 6.12. The number of hydrogen-bond donors (Lipinski definition) is 2. The molecule has 0 spiro atoms. The van der Waals surface area contributed by atoms with Crippen molar-refractivity contribution in [1.82, 2.24) is 15.6 Å². The zero-order chi connectivity index (χ0) is 21.6. The molecule has 1 unspecified atom stereocenters. The highest BCUT2D eigenvalue weighted by Crippen LogP contribution is 2.31. The molecule has 0 bridgehead atoms. The molecule has 0 aliphatic carbocycles. The van der Waals surface area contributed by atoms with Crippen molar-refractivity contribution < 1.29 is 9.53 Å². The second-order valence-electron chi connectivity index (χ2n) is 7.25. The summed E-state index contributed by atoms with van der Waals surface area (Å²) in [6, 6.07) is 18.3. The number of pyridine rings is 1. The summed E-state index contributed by atoms with van der Waals surface area (Å²) in [5.41, 5.74) is 5.16. The van der Waals surface area contributed by atoms with Crippen molar-refractivity contribution in [2.75, 3.05) is 11.6 Å². The van der Waals surface area contributed by atoms with Gasteiger partial charge in [-0.2, -0.15) is 0 Å². The highest BCUT2D eigenvalue weighted by molar-refractivity contribution is 5.91. The molecule has 31 heavy (non-hydrogen) atoms. The smallest absolute Gasteiger partial charge is 0.222 e. The average molecular weight is 415 g/mol. The van der Waals surface area contributed by atoms with E-state index in [1.54, 1.807) is 6.20 Å². The van der Waals surface area contributed by atoms with E-state index >= 15 is 0 Å². The Morgan fingerprint density at radius 3 is 2.77 bits per heavy atom. The van der Waals surface area contributed by atoms with Crippen LogP contribution in [0.3, 0.4) is 0 Å². The summed E-state index contributed by atoms with van der Waals surface area (Å²) in [5, 5.41) is 12.3. The Bertz CT molecular complexity index is 1080. The molecule has 7 nitrogen and oxygen atoms in total. The molecule has 4 rings (SSSR count). The van der Waals surface area contributed by atoms with Crippen molar-refractivity contribution in [3.63, 3.8) is 0 Å². The summed E-state index contributed by atoms with van der Waals surface area (Å²) in [6.45, 7) is 4.65. The Hall–Kier alpha value is -3.87. The molecule has 0 saturated heterocycles. The number of anilines is 1. The van der Waals surface area contributed by atoms with Crippen LogP contribution in [0.4, 0.5) is 5.69 Å². The minimum atomic E-state index is -0.155. The van der Waals surface area contributed by atoms with Crippen LogP contribution in [0.15, 0.2) is 72.1 Å². The molecule has 0 fully saturated rings. The Morgan fingerprint density at radius 1 is 1.16 bits per heavy atom. The minimum Gasteiger partial charge on any atom is -0.494 e. The number of hydrogen-bond acceptors (Lipinski definition) is 6. The number of aryl methyl sites for hydroxylation is 1. The quantitative estimate of drug-likeness (QED) is 0.578. The second-order valence-corrected chi connectivity index (χ2v) is 7.25. The highest BCUT2D eigenvalue weighted by atomic mass is 16.5. The van der Waals surface area contributed by atoms with E-state index in [9.17, 15) is 4.79 Å². The van der Waals surface area contributed by atoms with Crippen LogP contribution in [0.25, 0.3) is 11.1 Å². The Morgan fingerprint density at radius 2 is 2.00 bits per heavy atom. The van der Waals surface area contributed by atoms with Crippen molar-refractivity contribution in [3.05, 3.63) is 78.1 Å². The Labute approximate surface area is 181 Å². The van der Waals surface area contributed by atoms with Gasteiger partial charge in [0, 0.05) is 18.2 Å². The number of rotatable bonds is 7. The molecular formula is C24H25N5O2. The summed E-state index contributed by atoms with van der Waals surface area (Å²) in [6.07, 6.45) is 4.78. The molecule has 2 aromatic carbocycles. The first-order chi connectivity index (χ1) is 15.2. The van der Waals surface area contributed by atoms with Gasteiger partial charge in [0.25, 0.3) is 0 Å². The zero-order valence-electron chi connectivity index (χ0n) is 17.6. The van der Waals surface area contributed by atoms with Gasteiger partial charge in [0.05, 0.1) is 18.5 Å². The van der Waals surface area contributed by atoms with Gasteiger partial charge in [-0.3, -0.25) is 15.1 Å². The number of carbonyl (C=O) groups excluding carboxylic acids is 1. The Balaban J connectivity index is 1.67. The fraction of sp³-hybridized carbons (Fsp3) is 0.208. The lowest BCUT2D eigenvalue weighted by Gasteiger charge is -2.23. The van der Waals surface area contributed by atoms with Gasteiger partial charge < -0.3 is 10.1 Å². The molecule has 1 aromatic heterocycles. The van der Waals surface area contributed by atoms with E-state index in [1.165, 1.54) is 0 Å². The fourth-order valence-corrected chi connectivity index (χ4v) is 3.63. The van der Waals surface area contributed by atoms with Crippen molar-refractivity contribution in [1.29, 1.82) is 0 Å². The van der Waals surface area contributed by atoms with E-state index in [-0.39, 0.29) is 6.17 Å². The molecule has 0 saturated carbocycles. The molecule has 0 radical (unpaired) electrons. The number of nitrogens with zero attached hydrogens (tertiary/aromatic N) is 3. The van der Waals surface area contributed by atoms with Crippen LogP contribution < -0.4 is 20.4 Å². The second kappa shape index (κ2) is 9.30. The fourth-order valence-electron chi connectivity index (χ4n) is 3.63. The van der Waals surface area contributed by atoms with Gasteiger partial charge in [-0.15, -0.1) is 5.10 Å². The normalized spacial score (nSPS) is 15.2. The number of amides is 1. The van der Waals surface area contributed by atoms with E-state index in [0.29, 0.717) is 25.4 Å². The molecule has 7 heteroatoms. The van der Waals surface area contributed by atoms with Crippen molar-refractivity contribution in [2.24, 2.45) is 5.10 Å². The largest absolute Gasteiger partial charge is 0.494 e. The van der Waals surface area contributed by atoms with E-state index in [4.69, 9.17) is 4.74 Å². The number of aromatic nitrogens is 1. The molecule has 2 heterocycles. The molecule has 1 atom stereocenters. The third kappa shape index (κ3) is 4.66. The van der Waals surface area contributed by atoms with Gasteiger partial charge in [-0.25, -0.2) is 5.01 Å². The first-order valence-electron chi connectivity index (χ1n) is 10.2. The first kappa shape index (κ1) is 20.4. The highest BCUT2D eigenvalue weighted by Gasteiger charge is 2.27. The molecular weight excluding hydrogens is 390 g/mol. The number of hydrazone groups is 1. The summed E-state index contributed by atoms with van der Waals surface area (Å²) >= 11 is 0. The maximum Gasteiger partial charge on any atom is 0.222 e. The number of ether oxygens (including phenoxy) is 1. The number of carbonyl (C=O) groups is 1. The molecule has 1 amide bonds. The maximum absolute atomic E-state index is 11.0. The lowest BCUT2D eigenvalue weighted by molar-refractivity contribution is -0.108. The van der Waals surface area contributed by atoms with Gasteiger partial charge in [-0.1, -0.05) is 36.4 Å². The van der Waals surface area contributed by atoms with E-state index < -0.39 is 0 Å². The SMILES string of the molecule is CCOc1ccc(C)c(-c2cncc(N3N=C(NC=O)NC3Cc3ccccc3)c2)c1. The number of guanidine groups is 1. The van der Waals surface area contributed by atoms with Crippen LogP contribution in [-0.4, -0.2) is 30.1 Å². The van der Waals surface area contributed by atoms with Gasteiger partial charge >= 0.3 is 0 Å².